The molecule has 0 radical (unpaired) electrons. The van der Waals surface area contributed by atoms with Crippen LogP contribution in [0, 0.1) is 0 Å². The zero-order valence-electron chi connectivity index (χ0n) is 11.4. The van der Waals surface area contributed by atoms with E-state index in [1.807, 2.05) is 0 Å². The number of hydrogen-bond acceptors (Lipinski definition) is 5. The fraction of sp³-hybridized carbons (Fsp3) is 0.250. The molecule has 0 atom stereocenters. The van der Waals surface area contributed by atoms with Crippen molar-refractivity contribution in [2.45, 2.75) is 19.0 Å². The van der Waals surface area contributed by atoms with Crippen LogP contribution in [0.2, 0.25) is 0 Å². The topological polar surface area (TPSA) is 64.1 Å². The number of nitrogens with zero attached hydrogens (tertiary/aromatic N) is 2. The fourth-order valence-corrected chi connectivity index (χ4v) is 2.17. The van der Waals surface area contributed by atoms with Crippen LogP contribution in [-0.4, -0.2) is 22.5 Å². The second-order valence-corrected chi connectivity index (χ2v) is 5.30. The van der Waals surface area contributed by atoms with Crippen LogP contribution in [0.25, 0.3) is 0 Å². The number of hydrogen-bond donors (Lipinski definition) is 1. The predicted octanol–water partition coefficient (Wildman–Crippen LogP) is 3.64. The average Bonchev–Trinajstić information content (AvgIpc) is 2.87. The SMILES string of the molecule is O=C(Cc1ccc(OC(F)(F)F)cc1)Nc1nnc(C(F)(F)F)s1. The van der Waals surface area contributed by atoms with Gasteiger partial charge in [-0.15, -0.1) is 23.4 Å². The first kappa shape index (κ1) is 18.0. The van der Waals surface area contributed by atoms with Gasteiger partial charge in [0.15, 0.2) is 0 Å². The standard InChI is InChI=1S/C12H7F6N3O2S/c13-11(14,15)9-20-21-10(24-9)19-8(22)5-6-1-3-7(4-2-6)23-12(16,17)18/h1-4H,5H2,(H,19,21,22). The maximum absolute atomic E-state index is 12.3. The zero-order chi connectivity index (χ0) is 18.0. The number of nitrogens with one attached hydrogen (secondary N) is 1. The highest BCUT2D eigenvalue weighted by atomic mass is 32.1. The van der Waals surface area contributed by atoms with Crippen LogP contribution in [0.1, 0.15) is 10.6 Å². The molecule has 130 valence electrons. The summed E-state index contributed by atoms with van der Waals surface area (Å²) in [6, 6.07) is 4.48. The molecule has 0 fully saturated rings. The molecule has 0 spiro atoms. The molecule has 0 unspecified atom stereocenters. The average molecular weight is 371 g/mol. The van der Waals surface area contributed by atoms with Gasteiger partial charge in [0.1, 0.15) is 5.75 Å². The number of aromatic nitrogens is 2. The molecule has 1 heterocycles. The van der Waals surface area contributed by atoms with E-state index in [9.17, 15) is 31.1 Å². The summed E-state index contributed by atoms with van der Waals surface area (Å²) in [7, 11) is 0. The summed E-state index contributed by atoms with van der Waals surface area (Å²) in [6.07, 6.45) is -9.75. The fourth-order valence-electron chi connectivity index (χ4n) is 1.55. The number of alkyl halides is 6. The summed E-state index contributed by atoms with van der Waals surface area (Å²) < 4.78 is 76.7. The van der Waals surface area contributed by atoms with E-state index in [4.69, 9.17) is 0 Å². The number of halogens is 6. The number of benzene rings is 1. The summed E-state index contributed by atoms with van der Waals surface area (Å²) in [4.78, 5) is 11.7. The Balaban J connectivity index is 1.94. The summed E-state index contributed by atoms with van der Waals surface area (Å²) in [5.41, 5.74) is 0.336. The van der Waals surface area contributed by atoms with Crippen LogP contribution >= 0.6 is 11.3 Å². The van der Waals surface area contributed by atoms with Gasteiger partial charge in [-0.25, -0.2) is 0 Å². The van der Waals surface area contributed by atoms with Gasteiger partial charge < -0.3 is 10.1 Å². The van der Waals surface area contributed by atoms with Crippen molar-refractivity contribution in [2.75, 3.05) is 5.32 Å². The highest BCUT2D eigenvalue weighted by molar-refractivity contribution is 7.15. The minimum atomic E-state index is -4.83. The van der Waals surface area contributed by atoms with E-state index >= 15 is 0 Å². The van der Waals surface area contributed by atoms with Gasteiger partial charge in [0.05, 0.1) is 6.42 Å². The number of anilines is 1. The first-order valence-electron chi connectivity index (χ1n) is 6.08. The van der Waals surface area contributed by atoms with E-state index in [0.29, 0.717) is 5.56 Å². The summed E-state index contributed by atoms with van der Waals surface area (Å²) in [6.45, 7) is 0. The zero-order valence-corrected chi connectivity index (χ0v) is 12.2. The van der Waals surface area contributed by atoms with Crippen LogP contribution in [0.3, 0.4) is 0 Å². The molecule has 0 aliphatic rings. The van der Waals surface area contributed by atoms with Crippen LogP contribution in [-0.2, 0) is 17.4 Å². The molecule has 2 aromatic rings. The van der Waals surface area contributed by atoms with Gasteiger partial charge in [0.2, 0.25) is 16.0 Å². The van der Waals surface area contributed by atoms with Crippen LogP contribution in [0.15, 0.2) is 24.3 Å². The third-order valence-corrected chi connectivity index (χ3v) is 3.32. The minimum absolute atomic E-state index is 0.163. The lowest BCUT2D eigenvalue weighted by molar-refractivity contribution is -0.274. The largest absolute Gasteiger partial charge is 0.573 e. The molecule has 0 aliphatic carbocycles. The molecule has 12 heteroatoms. The van der Waals surface area contributed by atoms with Crippen molar-refractivity contribution in [3.63, 3.8) is 0 Å². The predicted molar refractivity (Wildman–Crippen MR) is 70.4 cm³/mol. The van der Waals surface area contributed by atoms with Gasteiger partial charge in [0.25, 0.3) is 0 Å². The summed E-state index contributed by atoms with van der Waals surface area (Å²) in [5, 5.41) is 6.69. The van der Waals surface area contributed by atoms with Crippen LogP contribution < -0.4 is 10.1 Å². The van der Waals surface area contributed by atoms with Crippen LogP contribution in [0.4, 0.5) is 31.5 Å². The number of carbonyl (C=O) groups is 1. The van der Waals surface area contributed by atoms with Crippen molar-refractivity contribution < 1.29 is 35.9 Å². The lowest BCUT2D eigenvalue weighted by Crippen LogP contribution is -2.17. The molecule has 1 amide bonds. The molecule has 2 rings (SSSR count). The lowest BCUT2D eigenvalue weighted by atomic mass is 10.1. The maximum atomic E-state index is 12.3. The van der Waals surface area contributed by atoms with Gasteiger partial charge in [0, 0.05) is 0 Å². The molecule has 0 saturated heterocycles. The molecule has 1 aromatic heterocycles. The molecule has 0 saturated carbocycles. The van der Waals surface area contributed by atoms with Gasteiger partial charge in [-0.1, -0.05) is 23.5 Å². The molecule has 0 bridgehead atoms. The third-order valence-electron chi connectivity index (χ3n) is 2.44. The van der Waals surface area contributed by atoms with Gasteiger partial charge in [-0.3, -0.25) is 4.79 Å². The van der Waals surface area contributed by atoms with E-state index in [1.54, 1.807) is 0 Å². The Morgan fingerprint density at radius 1 is 1.08 bits per heavy atom. The van der Waals surface area contributed by atoms with Crippen LogP contribution in [0.5, 0.6) is 5.75 Å². The number of rotatable bonds is 4. The van der Waals surface area contributed by atoms with E-state index < -0.39 is 29.2 Å². The van der Waals surface area contributed by atoms with Gasteiger partial charge in [-0.05, 0) is 17.7 Å². The maximum Gasteiger partial charge on any atom is 0.573 e. The van der Waals surface area contributed by atoms with Crippen molar-refractivity contribution in [3.8, 4) is 5.75 Å². The quantitative estimate of drug-likeness (QED) is 0.834. The number of amides is 1. The Morgan fingerprint density at radius 2 is 1.71 bits per heavy atom. The normalized spacial score (nSPS) is 12.1. The summed E-state index contributed by atoms with van der Waals surface area (Å²) in [5.74, 6) is -1.14. The Hall–Kier alpha value is -2.37. The third kappa shape index (κ3) is 5.37. The highest BCUT2D eigenvalue weighted by Crippen LogP contribution is 2.33. The van der Waals surface area contributed by atoms with Crippen molar-refractivity contribution >= 4 is 22.4 Å². The second kappa shape index (κ2) is 6.63. The Morgan fingerprint density at radius 3 is 2.21 bits per heavy atom. The molecule has 1 N–H and O–H groups in total. The molecule has 0 aliphatic heterocycles. The molecule has 1 aromatic carbocycles. The Labute approximate surface area is 134 Å². The summed E-state index contributed by atoms with van der Waals surface area (Å²) >= 11 is 0.163. The van der Waals surface area contributed by atoms with E-state index in [2.05, 4.69) is 20.3 Å². The molecule has 24 heavy (non-hydrogen) atoms. The van der Waals surface area contributed by atoms with E-state index in [0.717, 1.165) is 12.1 Å². The first-order valence-corrected chi connectivity index (χ1v) is 6.90. The van der Waals surface area contributed by atoms with Crippen molar-refractivity contribution in [2.24, 2.45) is 0 Å². The highest BCUT2D eigenvalue weighted by Gasteiger charge is 2.35. The van der Waals surface area contributed by atoms with Crippen molar-refractivity contribution in [3.05, 3.63) is 34.8 Å². The minimum Gasteiger partial charge on any atom is -0.406 e. The van der Waals surface area contributed by atoms with Gasteiger partial charge >= 0.3 is 12.5 Å². The lowest BCUT2D eigenvalue weighted by Gasteiger charge is -2.09. The second-order valence-electron chi connectivity index (χ2n) is 4.33. The van der Waals surface area contributed by atoms with E-state index in [-0.39, 0.29) is 22.9 Å². The van der Waals surface area contributed by atoms with Crippen molar-refractivity contribution in [1.82, 2.24) is 10.2 Å². The van der Waals surface area contributed by atoms with Gasteiger partial charge in [-0.2, -0.15) is 13.2 Å². The smallest absolute Gasteiger partial charge is 0.406 e. The van der Waals surface area contributed by atoms with Crippen molar-refractivity contribution in [1.29, 1.82) is 0 Å². The monoisotopic (exact) mass is 371 g/mol. The number of carbonyl (C=O) groups excluding carboxylic acids is 1. The molecular formula is C12H7F6N3O2S. The Bertz CT molecular complexity index is 711. The number of ether oxygens (including phenoxy) is 1. The Kier molecular flexibility index (Phi) is 4.96. The first-order chi connectivity index (χ1) is 11.0. The van der Waals surface area contributed by atoms with E-state index in [1.165, 1.54) is 12.1 Å². The molecular weight excluding hydrogens is 364 g/mol. The molecule has 5 nitrogen and oxygen atoms in total.